The highest BCUT2D eigenvalue weighted by Gasteiger charge is 2.30. The van der Waals surface area contributed by atoms with Crippen molar-refractivity contribution in [2.45, 2.75) is 53.1 Å². The zero-order chi connectivity index (χ0) is 21.2. The van der Waals surface area contributed by atoms with Gasteiger partial charge in [-0.05, 0) is 77.3 Å². The Balaban J connectivity index is 1.77. The summed E-state index contributed by atoms with van der Waals surface area (Å²) in [7, 11) is 0. The number of ether oxygens (including phenoxy) is 1. The number of rotatable bonds is 3. The number of hydrogen-bond acceptors (Lipinski definition) is 3. The van der Waals surface area contributed by atoms with Crippen LogP contribution < -0.4 is 0 Å². The van der Waals surface area contributed by atoms with Gasteiger partial charge in [0.25, 0.3) is 0 Å². The van der Waals surface area contributed by atoms with Crippen LogP contribution in [0.3, 0.4) is 0 Å². The first-order valence-corrected chi connectivity index (χ1v) is 10.1. The molecule has 0 aliphatic carbocycles. The number of nitrogens with zero attached hydrogens (tertiary/aromatic N) is 3. The molecule has 29 heavy (non-hydrogen) atoms. The molecule has 6 heteroatoms. The fraction of sp³-hybridized carbons (Fsp3) is 0.478. The van der Waals surface area contributed by atoms with E-state index in [-0.39, 0.29) is 17.8 Å². The van der Waals surface area contributed by atoms with Crippen LogP contribution in [0.1, 0.15) is 45.4 Å². The molecule has 1 saturated heterocycles. The van der Waals surface area contributed by atoms with Crippen LogP contribution in [0, 0.1) is 18.7 Å². The number of allylic oxidation sites excluding steroid dienone is 1. The van der Waals surface area contributed by atoms with Crippen LogP contribution in [-0.2, 0) is 11.2 Å². The molecule has 2 heterocycles. The van der Waals surface area contributed by atoms with Gasteiger partial charge in [0.15, 0.2) is 0 Å². The maximum absolute atomic E-state index is 13.2. The van der Waals surface area contributed by atoms with Gasteiger partial charge >= 0.3 is 6.09 Å². The van der Waals surface area contributed by atoms with Crippen molar-refractivity contribution in [3.63, 3.8) is 0 Å². The van der Waals surface area contributed by atoms with Gasteiger partial charge in [-0.2, -0.15) is 5.10 Å². The normalized spacial score (nSPS) is 18.9. The number of carbonyl (C=O) groups excluding carboxylic acids is 1. The van der Waals surface area contributed by atoms with E-state index in [4.69, 9.17) is 4.74 Å². The lowest BCUT2D eigenvalue weighted by Gasteiger charge is -2.36. The first kappa shape index (κ1) is 21.1. The molecule has 0 radical (unpaired) electrons. The van der Waals surface area contributed by atoms with Crippen molar-refractivity contribution in [2.24, 2.45) is 5.92 Å². The van der Waals surface area contributed by atoms with Crippen molar-refractivity contribution < 1.29 is 13.9 Å². The van der Waals surface area contributed by atoms with Crippen LogP contribution in [0.15, 0.2) is 42.1 Å². The zero-order valence-corrected chi connectivity index (χ0v) is 17.9. The third kappa shape index (κ3) is 5.05. The predicted octanol–water partition coefficient (Wildman–Crippen LogP) is 5.07. The number of carbonyl (C=O) groups is 1. The molecule has 0 spiro atoms. The van der Waals surface area contributed by atoms with Crippen molar-refractivity contribution >= 4 is 6.09 Å². The maximum Gasteiger partial charge on any atom is 0.410 e. The highest BCUT2D eigenvalue weighted by Crippen LogP contribution is 2.29. The Morgan fingerprint density at radius 2 is 2.00 bits per heavy atom. The van der Waals surface area contributed by atoms with Crippen molar-refractivity contribution in [2.75, 3.05) is 13.1 Å². The Kier molecular flexibility index (Phi) is 6.10. The molecular weight excluding hydrogens is 369 g/mol. The van der Waals surface area contributed by atoms with Gasteiger partial charge in [-0.1, -0.05) is 11.6 Å². The monoisotopic (exact) mass is 399 g/mol. The largest absolute Gasteiger partial charge is 0.444 e. The summed E-state index contributed by atoms with van der Waals surface area (Å²) in [5, 5.41) is 4.50. The minimum Gasteiger partial charge on any atom is -0.444 e. The standard InChI is InChI=1S/C23H30FN3O2/c1-6-17-11-12-26(22(28)29-23(3,4)5)15-19(17)13-18-14-25-27(16(18)2)21-9-7-20(24)8-10-21/h6-10,14,19H,11-13,15H2,1-5H3/b17-6-. The summed E-state index contributed by atoms with van der Waals surface area (Å²) in [6.45, 7) is 11.1. The Bertz CT molecular complexity index is 894. The molecule has 1 aromatic heterocycles. The SMILES string of the molecule is C/C=C1/CCN(C(=O)OC(C)(C)C)CC1Cc1cnn(-c2ccc(F)cc2)c1C. The summed E-state index contributed by atoms with van der Waals surface area (Å²) in [5.41, 5.74) is 3.85. The molecule has 1 aromatic carbocycles. The summed E-state index contributed by atoms with van der Waals surface area (Å²) in [6, 6.07) is 6.32. The Labute approximate surface area is 172 Å². The molecule has 1 unspecified atom stereocenters. The molecular formula is C23H30FN3O2. The number of piperidine rings is 1. The van der Waals surface area contributed by atoms with E-state index in [0.717, 1.165) is 29.8 Å². The number of aromatic nitrogens is 2. The maximum atomic E-state index is 13.2. The van der Waals surface area contributed by atoms with Crippen molar-refractivity contribution in [3.8, 4) is 5.69 Å². The zero-order valence-electron chi connectivity index (χ0n) is 17.9. The van der Waals surface area contributed by atoms with Gasteiger partial charge in [0.05, 0.1) is 11.9 Å². The summed E-state index contributed by atoms with van der Waals surface area (Å²) >= 11 is 0. The average Bonchev–Trinajstić information content (AvgIpc) is 3.01. The molecule has 0 saturated carbocycles. The van der Waals surface area contributed by atoms with E-state index in [2.05, 4.69) is 18.1 Å². The molecule has 0 N–H and O–H groups in total. The van der Waals surface area contributed by atoms with Crippen molar-refractivity contribution in [1.29, 1.82) is 0 Å². The molecule has 2 aromatic rings. The molecule has 3 rings (SSSR count). The minimum absolute atomic E-state index is 0.228. The first-order chi connectivity index (χ1) is 13.7. The van der Waals surface area contributed by atoms with Crippen molar-refractivity contribution in [1.82, 2.24) is 14.7 Å². The smallest absolute Gasteiger partial charge is 0.410 e. The first-order valence-electron chi connectivity index (χ1n) is 10.1. The predicted molar refractivity (Wildman–Crippen MR) is 112 cm³/mol. The second-order valence-corrected chi connectivity index (χ2v) is 8.58. The average molecular weight is 400 g/mol. The molecule has 156 valence electrons. The summed E-state index contributed by atoms with van der Waals surface area (Å²) in [5.74, 6) is -0.0354. The van der Waals surface area contributed by atoms with Gasteiger partial charge in [-0.15, -0.1) is 0 Å². The number of likely N-dealkylation sites (tertiary alicyclic amines) is 1. The Hall–Kier alpha value is -2.63. The van der Waals surface area contributed by atoms with Gasteiger partial charge < -0.3 is 9.64 Å². The fourth-order valence-electron chi connectivity index (χ4n) is 3.76. The number of halogens is 1. The highest BCUT2D eigenvalue weighted by molar-refractivity contribution is 5.68. The Morgan fingerprint density at radius 3 is 2.62 bits per heavy atom. The second kappa shape index (κ2) is 8.39. The molecule has 1 aliphatic heterocycles. The van der Waals surface area contributed by atoms with Gasteiger partial charge in [-0.3, -0.25) is 0 Å². The second-order valence-electron chi connectivity index (χ2n) is 8.58. The van der Waals surface area contributed by atoms with Crippen molar-refractivity contribution in [3.05, 3.63) is 59.2 Å². The third-order valence-electron chi connectivity index (χ3n) is 5.31. The number of hydrogen-bond donors (Lipinski definition) is 0. The van der Waals surface area contributed by atoms with Gasteiger partial charge in [-0.25, -0.2) is 13.9 Å². The lowest BCUT2D eigenvalue weighted by Crippen LogP contribution is -2.44. The topological polar surface area (TPSA) is 47.4 Å². The Morgan fingerprint density at radius 1 is 1.31 bits per heavy atom. The number of amides is 1. The third-order valence-corrected chi connectivity index (χ3v) is 5.31. The summed E-state index contributed by atoms with van der Waals surface area (Å²) < 4.78 is 20.6. The van der Waals surface area contributed by atoms with E-state index in [0.29, 0.717) is 13.1 Å². The van der Waals surface area contributed by atoms with E-state index in [1.54, 1.807) is 12.1 Å². The lowest BCUT2D eigenvalue weighted by molar-refractivity contribution is 0.0202. The van der Waals surface area contributed by atoms with E-state index < -0.39 is 5.60 Å². The molecule has 0 bridgehead atoms. The van der Waals surface area contributed by atoms with Crippen LogP contribution >= 0.6 is 0 Å². The fourth-order valence-corrected chi connectivity index (χ4v) is 3.76. The molecule has 1 fully saturated rings. The van der Waals surface area contributed by atoms with Crippen LogP contribution in [0.5, 0.6) is 0 Å². The van der Waals surface area contributed by atoms with Crippen LogP contribution in [0.2, 0.25) is 0 Å². The lowest BCUT2D eigenvalue weighted by atomic mass is 9.86. The van der Waals surface area contributed by atoms with Gasteiger partial charge in [0, 0.05) is 24.7 Å². The quantitative estimate of drug-likeness (QED) is 0.678. The summed E-state index contributed by atoms with van der Waals surface area (Å²) in [4.78, 5) is 14.3. The van der Waals surface area contributed by atoms with Gasteiger partial charge in [0.1, 0.15) is 11.4 Å². The molecule has 5 nitrogen and oxygen atoms in total. The number of benzene rings is 1. The van der Waals surface area contributed by atoms with Crippen LogP contribution in [-0.4, -0.2) is 39.5 Å². The molecule has 1 amide bonds. The minimum atomic E-state index is -0.500. The van der Waals surface area contributed by atoms with Crippen LogP contribution in [0.4, 0.5) is 9.18 Å². The van der Waals surface area contributed by atoms with E-state index in [1.807, 2.05) is 43.5 Å². The van der Waals surface area contributed by atoms with E-state index in [9.17, 15) is 9.18 Å². The molecule has 1 atom stereocenters. The highest BCUT2D eigenvalue weighted by atomic mass is 19.1. The van der Waals surface area contributed by atoms with E-state index >= 15 is 0 Å². The van der Waals surface area contributed by atoms with E-state index in [1.165, 1.54) is 17.7 Å². The van der Waals surface area contributed by atoms with Crippen LogP contribution in [0.25, 0.3) is 5.69 Å². The van der Waals surface area contributed by atoms with Gasteiger partial charge in [0.2, 0.25) is 0 Å². The molecule has 1 aliphatic rings. The summed E-state index contributed by atoms with van der Waals surface area (Å²) in [6.07, 6.45) is 5.43.